The average Bonchev–Trinajstić information content (AvgIpc) is 2.04. The Labute approximate surface area is 81.1 Å². The van der Waals surface area contributed by atoms with Crippen molar-refractivity contribution in [1.29, 1.82) is 0 Å². The summed E-state index contributed by atoms with van der Waals surface area (Å²) in [5, 5.41) is 0. The summed E-state index contributed by atoms with van der Waals surface area (Å²) >= 11 is 0. The van der Waals surface area contributed by atoms with E-state index in [0.717, 1.165) is 13.1 Å². The van der Waals surface area contributed by atoms with Crippen molar-refractivity contribution in [2.45, 2.75) is 0 Å². The lowest BCUT2D eigenvalue weighted by Crippen LogP contribution is -2.21. The van der Waals surface area contributed by atoms with Crippen LogP contribution in [-0.2, 0) is 4.84 Å². The van der Waals surface area contributed by atoms with Gasteiger partial charge in [-0.05, 0) is 20.3 Å². The van der Waals surface area contributed by atoms with Crippen molar-refractivity contribution in [2.24, 2.45) is 0 Å². The van der Waals surface area contributed by atoms with Crippen molar-refractivity contribution >= 4 is 0 Å². The van der Waals surface area contributed by atoms with Crippen molar-refractivity contribution in [1.82, 2.24) is 15.3 Å². The summed E-state index contributed by atoms with van der Waals surface area (Å²) in [6.45, 7) is 2.56. The van der Waals surface area contributed by atoms with Gasteiger partial charge in [0.1, 0.15) is 0 Å². The molecule has 0 atom stereocenters. The third kappa shape index (κ3) is 9.33. The minimum absolute atomic E-state index is 0.694. The molecule has 13 heavy (non-hydrogen) atoms. The zero-order valence-corrected chi connectivity index (χ0v) is 9.08. The Kier molecular flexibility index (Phi) is 7.68. The van der Waals surface area contributed by atoms with Crippen molar-refractivity contribution in [2.75, 3.05) is 47.9 Å². The predicted molar refractivity (Wildman–Crippen MR) is 55.3 cm³/mol. The van der Waals surface area contributed by atoms with Crippen LogP contribution in [0.5, 0.6) is 0 Å². The number of hydrogen-bond acceptors (Lipinski definition) is 4. The molecule has 0 amide bonds. The first kappa shape index (κ1) is 12.4. The molecule has 0 radical (unpaired) electrons. The number of likely N-dealkylation sites (N-methyl/N-ethyl adjacent to an activating group) is 2. The maximum Gasteiger partial charge on any atom is 0.0856 e. The van der Waals surface area contributed by atoms with Gasteiger partial charge in [-0.3, -0.25) is 0 Å². The highest BCUT2D eigenvalue weighted by Gasteiger charge is 1.90. The number of hydroxylamine groups is 1. The van der Waals surface area contributed by atoms with Gasteiger partial charge in [-0.2, -0.15) is 0 Å². The zero-order chi connectivity index (χ0) is 10.1. The highest BCUT2D eigenvalue weighted by Crippen LogP contribution is 1.85. The van der Waals surface area contributed by atoms with Crippen LogP contribution >= 0.6 is 0 Å². The van der Waals surface area contributed by atoms with Crippen LogP contribution in [0.4, 0.5) is 0 Å². The van der Waals surface area contributed by atoms with Gasteiger partial charge in [0.05, 0.1) is 6.61 Å². The van der Waals surface area contributed by atoms with E-state index in [0.29, 0.717) is 6.61 Å². The Morgan fingerprint density at radius 2 is 2.00 bits per heavy atom. The van der Waals surface area contributed by atoms with Crippen molar-refractivity contribution in [3.05, 3.63) is 12.3 Å². The van der Waals surface area contributed by atoms with E-state index in [1.165, 1.54) is 0 Å². The first-order valence-corrected chi connectivity index (χ1v) is 4.47. The molecule has 0 aliphatic rings. The van der Waals surface area contributed by atoms with Gasteiger partial charge in [-0.15, -0.1) is 0 Å². The number of hydrogen-bond donors (Lipinski definition) is 1. The molecule has 0 heterocycles. The molecule has 0 aromatic heterocycles. The second-order valence-corrected chi connectivity index (χ2v) is 3.18. The van der Waals surface area contributed by atoms with Crippen molar-refractivity contribution < 1.29 is 4.84 Å². The summed E-state index contributed by atoms with van der Waals surface area (Å²) in [5.74, 6) is 0. The molecule has 0 fully saturated rings. The topological polar surface area (TPSA) is 27.7 Å². The minimum Gasteiger partial charge on any atom is -0.378 e. The molecule has 0 spiro atoms. The summed E-state index contributed by atoms with van der Waals surface area (Å²) in [4.78, 5) is 9.21. The minimum atomic E-state index is 0.694. The lowest BCUT2D eigenvalue weighted by atomic mass is 10.5. The SMILES string of the molecule is CNOCCN(C)/C=C/CN(C)C. The Balaban J connectivity index is 3.38. The number of rotatable bonds is 7. The molecule has 0 saturated carbocycles. The van der Waals surface area contributed by atoms with Crippen LogP contribution < -0.4 is 5.48 Å². The van der Waals surface area contributed by atoms with E-state index < -0.39 is 0 Å². The molecule has 4 heteroatoms. The second kappa shape index (κ2) is 8.04. The third-order valence-electron chi connectivity index (χ3n) is 1.52. The fraction of sp³-hybridized carbons (Fsp3) is 0.778. The van der Waals surface area contributed by atoms with Gasteiger partial charge in [0, 0.05) is 27.2 Å². The van der Waals surface area contributed by atoms with Crippen LogP contribution in [0.25, 0.3) is 0 Å². The molecule has 0 aliphatic heterocycles. The summed E-state index contributed by atoms with van der Waals surface area (Å²) in [5.41, 5.74) is 2.64. The van der Waals surface area contributed by atoms with Crippen molar-refractivity contribution in [3.8, 4) is 0 Å². The van der Waals surface area contributed by atoms with Gasteiger partial charge in [0.15, 0.2) is 0 Å². The normalized spacial score (nSPS) is 11.5. The first-order valence-electron chi connectivity index (χ1n) is 4.47. The number of nitrogens with one attached hydrogen (secondary N) is 1. The molecule has 0 aliphatic carbocycles. The molecule has 0 bridgehead atoms. The van der Waals surface area contributed by atoms with Gasteiger partial charge in [0.2, 0.25) is 0 Å². The van der Waals surface area contributed by atoms with E-state index in [4.69, 9.17) is 4.84 Å². The van der Waals surface area contributed by atoms with Crippen LogP contribution in [0.1, 0.15) is 0 Å². The van der Waals surface area contributed by atoms with Crippen molar-refractivity contribution in [3.63, 3.8) is 0 Å². The summed E-state index contributed by atoms with van der Waals surface area (Å²) in [6, 6.07) is 0. The fourth-order valence-corrected chi connectivity index (χ4v) is 0.804. The van der Waals surface area contributed by atoms with Crippen LogP contribution in [0, 0.1) is 0 Å². The smallest absolute Gasteiger partial charge is 0.0856 e. The van der Waals surface area contributed by atoms with E-state index >= 15 is 0 Å². The summed E-state index contributed by atoms with van der Waals surface area (Å²) in [7, 11) is 7.90. The summed E-state index contributed by atoms with van der Waals surface area (Å²) in [6.07, 6.45) is 4.19. The van der Waals surface area contributed by atoms with E-state index in [-0.39, 0.29) is 0 Å². The Morgan fingerprint density at radius 3 is 2.54 bits per heavy atom. The van der Waals surface area contributed by atoms with E-state index in [9.17, 15) is 0 Å². The molecule has 1 N–H and O–H groups in total. The fourth-order valence-electron chi connectivity index (χ4n) is 0.804. The summed E-state index contributed by atoms with van der Waals surface area (Å²) < 4.78 is 0. The maximum absolute atomic E-state index is 5.00. The van der Waals surface area contributed by atoms with Gasteiger partial charge in [0.25, 0.3) is 0 Å². The lowest BCUT2D eigenvalue weighted by molar-refractivity contribution is 0.0503. The van der Waals surface area contributed by atoms with Crippen LogP contribution in [0.3, 0.4) is 0 Å². The van der Waals surface area contributed by atoms with Gasteiger partial charge in [-0.25, -0.2) is 5.48 Å². The predicted octanol–water partition coefficient (Wildman–Crippen LogP) is 0.145. The average molecular weight is 187 g/mol. The van der Waals surface area contributed by atoms with E-state index in [1.54, 1.807) is 7.05 Å². The largest absolute Gasteiger partial charge is 0.378 e. The second-order valence-electron chi connectivity index (χ2n) is 3.18. The third-order valence-corrected chi connectivity index (χ3v) is 1.52. The molecule has 0 aromatic carbocycles. The molecule has 0 saturated heterocycles. The molecular formula is C9H21N3O. The molecular weight excluding hydrogens is 166 g/mol. The Morgan fingerprint density at radius 1 is 1.31 bits per heavy atom. The number of nitrogens with zero attached hydrogens (tertiary/aromatic N) is 2. The van der Waals surface area contributed by atoms with E-state index in [1.807, 2.05) is 7.05 Å². The molecule has 4 nitrogen and oxygen atoms in total. The maximum atomic E-state index is 5.00. The quantitative estimate of drug-likeness (QED) is 0.453. The monoisotopic (exact) mass is 187 g/mol. The van der Waals surface area contributed by atoms with Gasteiger partial charge < -0.3 is 14.6 Å². The Bertz CT molecular complexity index is 137. The first-order chi connectivity index (χ1) is 6.16. The standard InChI is InChI=1S/C9H21N3O/c1-10-13-9-8-12(4)7-5-6-11(2)3/h5,7,10H,6,8-9H2,1-4H3/b7-5+. The van der Waals surface area contributed by atoms with E-state index in [2.05, 4.69) is 41.7 Å². The zero-order valence-electron chi connectivity index (χ0n) is 9.08. The van der Waals surface area contributed by atoms with Gasteiger partial charge >= 0.3 is 0 Å². The lowest BCUT2D eigenvalue weighted by Gasteiger charge is -2.13. The highest BCUT2D eigenvalue weighted by atomic mass is 16.6. The molecule has 0 aromatic rings. The van der Waals surface area contributed by atoms with Crippen LogP contribution in [-0.4, -0.2) is 57.7 Å². The molecule has 0 unspecified atom stereocenters. The van der Waals surface area contributed by atoms with Crippen LogP contribution in [0.2, 0.25) is 0 Å². The molecule has 78 valence electrons. The highest BCUT2D eigenvalue weighted by molar-refractivity contribution is 4.82. The molecule has 0 rings (SSSR count). The van der Waals surface area contributed by atoms with Crippen LogP contribution in [0.15, 0.2) is 12.3 Å². The Hall–Kier alpha value is -0.580. The van der Waals surface area contributed by atoms with Gasteiger partial charge in [-0.1, -0.05) is 6.08 Å².